The van der Waals surface area contributed by atoms with E-state index in [-0.39, 0.29) is 38.0 Å². The number of imidazole rings is 1. The molecule has 0 unspecified atom stereocenters. The summed E-state index contributed by atoms with van der Waals surface area (Å²) in [4.78, 5) is 11.9. The van der Waals surface area contributed by atoms with E-state index in [9.17, 15) is 4.21 Å². The predicted octanol–water partition coefficient (Wildman–Crippen LogP) is 4.38. The first-order chi connectivity index (χ1) is 11.5. The van der Waals surface area contributed by atoms with Gasteiger partial charge >= 0.3 is 0 Å². The Morgan fingerprint density at radius 3 is 2.48 bits per heavy atom. The van der Waals surface area contributed by atoms with Crippen molar-refractivity contribution in [2.24, 2.45) is 0 Å². The zero-order chi connectivity index (χ0) is 17.3. The van der Waals surface area contributed by atoms with Crippen LogP contribution in [0.3, 0.4) is 0 Å². The SMILES string of the molecule is C.COc1ccc2nc([S@@](=O)Cc3ncc(C)c(OC)c3C)[nH]c2c1.Cl.Cl. The zero-order valence-electron chi connectivity index (χ0n) is 14.9. The third-order valence-corrected chi connectivity index (χ3v) is 5.06. The van der Waals surface area contributed by atoms with Crippen molar-refractivity contribution in [3.05, 3.63) is 41.2 Å². The van der Waals surface area contributed by atoms with Crippen LogP contribution in [0.25, 0.3) is 11.0 Å². The average molecular weight is 434 g/mol. The molecule has 3 rings (SSSR count). The normalized spacial score (nSPS) is 11.0. The minimum atomic E-state index is -1.33. The van der Waals surface area contributed by atoms with Crippen LogP contribution in [0.2, 0.25) is 0 Å². The van der Waals surface area contributed by atoms with E-state index in [2.05, 4.69) is 15.0 Å². The number of halogens is 2. The van der Waals surface area contributed by atoms with Gasteiger partial charge in [0.25, 0.3) is 0 Å². The molecule has 0 bridgehead atoms. The number of ether oxygens (including phenoxy) is 2. The summed E-state index contributed by atoms with van der Waals surface area (Å²) in [5.41, 5.74) is 4.16. The number of benzene rings is 1. The number of H-pyrrole nitrogens is 1. The Hall–Kier alpha value is -1.83. The molecule has 0 radical (unpaired) electrons. The number of hydrogen-bond donors (Lipinski definition) is 1. The van der Waals surface area contributed by atoms with Gasteiger partial charge in [0.2, 0.25) is 0 Å². The maximum Gasteiger partial charge on any atom is 0.197 e. The van der Waals surface area contributed by atoms with E-state index >= 15 is 0 Å². The highest BCUT2D eigenvalue weighted by Gasteiger charge is 2.16. The quantitative estimate of drug-likeness (QED) is 0.645. The molecule has 1 aromatic carbocycles. The van der Waals surface area contributed by atoms with Crippen molar-refractivity contribution in [1.29, 1.82) is 0 Å². The van der Waals surface area contributed by atoms with Gasteiger partial charge in [-0.15, -0.1) is 24.8 Å². The minimum absolute atomic E-state index is 0. The van der Waals surface area contributed by atoms with Gasteiger partial charge in [0.1, 0.15) is 11.5 Å². The molecule has 0 saturated carbocycles. The number of pyridine rings is 1. The lowest BCUT2D eigenvalue weighted by Gasteiger charge is -2.11. The molecule has 1 atom stereocenters. The van der Waals surface area contributed by atoms with E-state index in [0.29, 0.717) is 5.16 Å². The summed E-state index contributed by atoms with van der Waals surface area (Å²) >= 11 is 0. The molecule has 0 aliphatic carbocycles. The minimum Gasteiger partial charge on any atom is -0.497 e. The molecule has 1 N–H and O–H groups in total. The zero-order valence-corrected chi connectivity index (χ0v) is 17.3. The second-order valence-electron chi connectivity index (χ2n) is 5.46. The monoisotopic (exact) mass is 433 g/mol. The Morgan fingerprint density at radius 2 is 1.85 bits per heavy atom. The third-order valence-electron chi connectivity index (χ3n) is 3.90. The van der Waals surface area contributed by atoms with Crippen LogP contribution < -0.4 is 9.47 Å². The van der Waals surface area contributed by atoms with Gasteiger partial charge in [-0.3, -0.25) is 9.19 Å². The van der Waals surface area contributed by atoms with E-state index < -0.39 is 10.8 Å². The van der Waals surface area contributed by atoms with Crippen LogP contribution in [0.4, 0.5) is 0 Å². The first-order valence-corrected chi connectivity index (χ1v) is 8.76. The summed E-state index contributed by atoms with van der Waals surface area (Å²) in [6.45, 7) is 3.86. The molecule has 0 saturated heterocycles. The Labute approximate surface area is 174 Å². The second-order valence-corrected chi connectivity index (χ2v) is 6.83. The van der Waals surface area contributed by atoms with Gasteiger partial charge in [0.15, 0.2) is 5.16 Å². The van der Waals surface area contributed by atoms with Gasteiger partial charge in [-0.2, -0.15) is 0 Å². The summed E-state index contributed by atoms with van der Waals surface area (Å²) < 4.78 is 23.3. The van der Waals surface area contributed by atoms with Gasteiger partial charge in [0.05, 0.1) is 47.5 Å². The molecule has 9 heteroatoms. The van der Waals surface area contributed by atoms with Gasteiger partial charge in [-0.1, -0.05) is 7.43 Å². The Morgan fingerprint density at radius 1 is 1.15 bits per heavy atom. The largest absolute Gasteiger partial charge is 0.497 e. The fraction of sp³-hybridized carbons (Fsp3) is 0.333. The number of nitrogens with zero attached hydrogens (tertiary/aromatic N) is 2. The molecule has 0 fully saturated rings. The van der Waals surface area contributed by atoms with Crippen LogP contribution in [0.1, 0.15) is 24.2 Å². The van der Waals surface area contributed by atoms with Gasteiger partial charge in [0, 0.05) is 23.4 Å². The molecule has 3 aromatic rings. The van der Waals surface area contributed by atoms with Crippen LogP contribution in [0.15, 0.2) is 29.6 Å². The predicted molar refractivity (Wildman–Crippen MR) is 114 cm³/mol. The first kappa shape index (κ1) is 25.2. The van der Waals surface area contributed by atoms with Crippen LogP contribution in [-0.2, 0) is 16.6 Å². The average Bonchev–Trinajstić information content (AvgIpc) is 3.01. The van der Waals surface area contributed by atoms with Crippen molar-refractivity contribution in [2.45, 2.75) is 32.2 Å². The van der Waals surface area contributed by atoms with Crippen LogP contribution >= 0.6 is 24.8 Å². The number of aromatic nitrogens is 3. The fourth-order valence-corrected chi connectivity index (χ4v) is 3.71. The maximum atomic E-state index is 12.7. The van der Waals surface area contributed by atoms with Crippen molar-refractivity contribution >= 4 is 46.6 Å². The topological polar surface area (TPSA) is 77.1 Å². The van der Waals surface area contributed by atoms with E-state index in [1.165, 1.54) is 0 Å². The fourth-order valence-electron chi connectivity index (χ4n) is 2.61. The molecule has 27 heavy (non-hydrogen) atoms. The maximum absolute atomic E-state index is 12.7. The second kappa shape index (κ2) is 10.5. The standard InChI is InChI=1S/C17H19N3O3S.CH4.2ClH/c1-10-8-18-15(11(2)16(10)23-4)9-24(21)17-19-13-6-5-12(22-3)7-14(13)20-17;;;/h5-8H,9H2,1-4H3,(H,19,20);1H4;2*1H/t24-;;;/m0.../s1. The highest BCUT2D eigenvalue weighted by atomic mass is 35.5. The highest BCUT2D eigenvalue weighted by Crippen LogP contribution is 2.26. The van der Waals surface area contributed by atoms with Gasteiger partial charge in [-0.25, -0.2) is 4.98 Å². The number of aromatic amines is 1. The smallest absolute Gasteiger partial charge is 0.197 e. The lowest BCUT2D eigenvalue weighted by atomic mass is 10.1. The van der Waals surface area contributed by atoms with Crippen molar-refractivity contribution in [1.82, 2.24) is 15.0 Å². The van der Waals surface area contributed by atoms with E-state index in [1.54, 1.807) is 20.4 Å². The highest BCUT2D eigenvalue weighted by molar-refractivity contribution is 7.84. The number of nitrogens with one attached hydrogen (secondary N) is 1. The summed E-state index contributed by atoms with van der Waals surface area (Å²) in [5.74, 6) is 1.79. The Kier molecular flexibility index (Phi) is 9.78. The lowest BCUT2D eigenvalue weighted by Crippen LogP contribution is -2.05. The van der Waals surface area contributed by atoms with E-state index in [4.69, 9.17) is 9.47 Å². The molecule has 0 aliphatic heterocycles. The third kappa shape index (κ3) is 5.12. The molecule has 2 aromatic heterocycles. The Bertz CT molecular complexity index is 932. The van der Waals surface area contributed by atoms with Gasteiger partial charge < -0.3 is 14.5 Å². The van der Waals surface area contributed by atoms with E-state index in [0.717, 1.165) is 39.4 Å². The van der Waals surface area contributed by atoms with Crippen LogP contribution in [-0.4, -0.2) is 33.4 Å². The van der Waals surface area contributed by atoms with Crippen LogP contribution in [0, 0.1) is 13.8 Å². The summed E-state index contributed by atoms with van der Waals surface area (Å²) in [6, 6.07) is 5.50. The molecule has 0 spiro atoms. The molecule has 0 amide bonds. The Balaban J connectivity index is 0.00000225. The summed E-state index contributed by atoms with van der Waals surface area (Å²) in [5, 5.41) is 0.430. The molecular weight excluding hydrogens is 409 g/mol. The number of hydrogen-bond acceptors (Lipinski definition) is 5. The number of aryl methyl sites for hydroxylation is 1. The van der Waals surface area contributed by atoms with Crippen molar-refractivity contribution in [2.75, 3.05) is 14.2 Å². The van der Waals surface area contributed by atoms with Crippen molar-refractivity contribution in [3.63, 3.8) is 0 Å². The number of methoxy groups -OCH3 is 2. The van der Waals surface area contributed by atoms with Gasteiger partial charge in [-0.05, 0) is 26.0 Å². The summed E-state index contributed by atoms with van der Waals surface area (Å²) in [7, 11) is 1.91. The van der Waals surface area contributed by atoms with Crippen molar-refractivity contribution < 1.29 is 13.7 Å². The molecule has 6 nitrogen and oxygen atoms in total. The molecule has 150 valence electrons. The lowest BCUT2D eigenvalue weighted by molar-refractivity contribution is 0.407. The molecule has 0 aliphatic rings. The number of rotatable bonds is 5. The first-order valence-electron chi connectivity index (χ1n) is 7.44. The molecular formula is C18H25Cl2N3O3S. The van der Waals surface area contributed by atoms with Crippen molar-refractivity contribution in [3.8, 4) is 11.5 Å². The summed E-state index contributed by atoms with van der Waals surface area (Å²) in [6.07, 6.45) is 1.74. The van der Waals surface area contributed by atoms with Crippen LogP contribution in [0.5, 0.6) is 11.5 Å². The van der Waals surface area contributed by atoms with E-state index in [1.807, 2.05) is 32.0 Å². The molecule has 2 heterocycles. The number of fused-ring (bicyclic) bond motifs is 1.